The van der Waals surface area contributed by atoms with Gasteiger partial charge in [-0.2, -0.15) is 0 Å². The first-order chi connectivity index (χ1) is 9.93. The molecular formula is C16H25N3O2. The van der Waals surface area contributed by atoms with Gasteiger partial charge < -0.3 is 16.8 Å². The molecule has 2 amide bonds. The van der Waals surface area contributed by atoms with Gasteiger partial charge in [-0.3, -0.25) is 9.59 Å². The molecule has 1 atom stereocenters. The van der Waals surface area contributed by atoms with E-state index in [1.807, 2.05) is 0 Å². The Balaban J connectivity index is 2.73. The molecular weight excluding hydrogens is 266 g/mol. The maximum Gasteiger partial charge on any atom is 0.248 e. The van der Waals surface area contributed by atoms with Crippen LogP contribution in [-0.2, 0) is 0 Å². The minimum absolute atomic E-state index is 0.255. The molecule has 5 nitrogen and oxygen atoms in total. The molecule has 0 saturated carbocycles. The van der Waals surface area contributed by atoms with Crippen LogP contribution in [0.15, 0.2) is 18.2 Å². The van der Waals surface area contributed by atoms with E-state index >= 15 is 0 Å². The fourth-order valence-corrected chi connectivity index (χ4v) is 2.23. The molecule has 5 heteroatoms. The zero-order chi connectivity index (χ0) is 15.8. The number of unbranched alkanes of at least 4 members (excludes halogenated alkanes) is 3. The van der Waals surface area contributed by atoms with Crippen molar-refractivity contribution in [3.05, 3.63) is 29.3 Å². The summed E-state index contributed by atoms with van der Waals surface area (Å²) in [4.78, 5) is 22.6. The van der Waals surface area contributed by atoms with Gasteiger partial charge in [-0.15, -0.1) is 0 Å². The van der Waals surface area contributed by atoms with E-state index in [1.54, 1.807) is 12.1 Å². The number of nitrogens with two attached hydrogens (primary N) is 2. The molecule has 0 fully saturated rings. The Morgan fingerprint density at radius 3 is 2.10 bits per heavy atom. The highest BCUT2D eigenvalue weighted by Crippen LogP contribution is 2.17. The lowest BCUT2D eigenvalue weighted by Crippen LogP contribution is -2.19. The molecule has 0 radical (unpaired) electrons. The molecule has 0 aliphatic heterocycles. The maximum atomic E-state index is 11.3. The van der Waals surface area contributed by atoms with Gasteiger partial charge in [0.15, 0.2) is 0 Å². The summed E-state index contributed by atoms with van der Waals surface area (Å²) in [7, 11) is 0. The second kappa shape index (κ2) is 8.29. The number of nitrogens with one attached hydrogen (secondary N) is 1. The minimum atomic E-state index is -0.572. The van der Waals surface area contributed by atoms with Gasteiger partial charge in [-0.25, -0.2) is 0 Å². The molecule has 1 unspecified atom stereocenters. The van der Waals surface area contributed by atoms with Crippen molar-refractivity contribution in [3.8, 4) is 0 Å². The number of hydrogen-bond acceptors (Lipinski definition) is 3. The van der Waals surface area contributed by atoms with Gasteiger partial charge in [0.2, 0.25) is 11.8 Å². The highest BCUT2D eigenvalue weighted by molar-refractivity contribution is 5.99. The largest absolute Gasteiger partial charge is 0.383 e. The Hall–Kier alpha value is -2.04. The molecule has 0 aliphatic carbocycles. The predicted octanol–water partition coefficient (Wildman–Crippen LogP) is 2.66. The van der Waals surface area contributed by atoms with E-state index in [2.05, 4.69) is 19.2 Å². The second-order valence-corrected chi connectivity index (χ2v) is 5.42. The zero-order valence-electron chi connectivity index (χ0n) is 12.8. The zero-order valence-corrected chi connectivity index (χ0v) is 12.8. The highest BCUT2D eigenvalue weighted by Gasteiger charge is 2.10. The van der Waals surface area contributed by atoms with Gasteiger partial charge in [0.05, 0.1) is 0 Å². The van der Waals surface area contributed by atoms with E-state index in [0.29, 0.717) is 5.69 Å². The third-order valence-corrected chi connectivity index (χ3v) is 3.41. The van der Waals surface area contributed by atoms with Crippen molar-refractivity contribution in [2.45, 2.75) is 52.0 Å². The quantitative estimate of drug-likeness (QED) is 0.610. The lowest BCUT2D eigenvalue weighted by Gasteiger charge is -2.16. The van der Waals surface area contributed by atoms with Crippen molar-refractivity contribution in [2.75, 3.05) is 5.32 Å². The number of rotatable bonds is 9. The minimum Gasteiger partial charge on any atom is -0.383 e. The normalized spacial score (nSPS) is 11.9. The van der Waals surface area contributed by atoms with Gasteiger partial charge in [-0.05, 0) is 31.5 Å². The molecule has 116 valence electrons. The molecule has 1 aromatic carbocycles. The molecule has 0 saturated heterocycles. The van der Waals surface area contributed by atoms with Crippen molar-refractivity contribution in [1.82, 2.24) is 0 Å². The summed E-state index contributed by atoms with van der Waals surface area (Å²) in [5.74, 6) is -1.14. The van der Waals surface area contributed by atoms with Crippen LogP contribution in [0.3, 0.4) is 0 Å². The lowest BCUT2D eigenvalue weighted by atomic mass is 10.1. The number of hydrogen-bond donors (Lipinski definition) is 3. The van der Waals surface area contributed by atoms with Gasteiger partial charge in [0, 0.05) is 22.9 Å². The van der Waals surface area contributed by atoms with E-state index in [1.165, 1.54) is 25.3 Å². The number of carbonyl (C=O) groups is 2. The molecule has 0 aromatic heterocycles. The van der Waals surface area contributed by atoms with E-state index in [-0.39, 0.29) is 17.2 Å². The third-order valence-electron chi connectivity index (χ3n) is 3.41. The van der Waals surface area contributed by atoms with Crippen LogP contribution >= 0.6 is 0 Å². The third kappa shape index (κ3) is 5.85. The lowest BCUT2D eigenvalue weighted by molar-refractivity contribution is 0.0999. The van der Waals surface area contributed by atoms with Gasteiger partial charge in [-0.1, -0.05) is 32.6 Å². The summed E-state index contributed by atoms with van der Waals surface area (Å²) in [6, 6.07) is 4.97. The Labute approximate surface area is 126 Å². The van der Waals surface area contributed by atoms with Crippen molar-refractivity contribution >= 4 is 17.5 Å². The van der Waals surface area contributed by atoms with Gasteiger partial charge >= 0.3 is 0 Å². The van der Waals surface area contributed by atoms with Crippen LogP contribution in [-0.4, -0.2) is 17.9 Å². The molecule has 0 heterocycles. The Bertz CT molecular complexity index is 468. The summed E-state index contributed by atoms with van der Waals surface area (Å²) in [6.45, 7) is 4.26. The van der Waals surface area contributed by atoms with Crippen molar-refractivity contribution in [2.24, 2.45) is 11.5 Å². The molecule has 1 rings (SSSR count). The SMILES string of the molecule is CCCCCCC(C)Nc1cc(C(N)=O)cc(C(N)=O)c1. The number of amides is 2. The predicted molar refractivity (Wildman–Crippen MR) is 85.3 cm³/mol. The Morgan fingerprint density at radius 2 is 1.62 bits per heavy atom. The van der Waals surface area contributed by atoms with Gasteiger partial charge in [0.25, 0.3) is 0 Å². The number of carbonyl (C=O) groups excluding carboxylic acids is 2. The monoisotopic (exact) mass is 291 g/mol. The Kier molecular flexibility index (Phi) is 6.72. The first kappa shape index (κ1) is 17.0. The number of benzene rings is 1. The maximum absolute atomic E-state index is 11.3. The number of primary amides is 2. The van der Waals surface area contributed by atoms with Crippen molar-refractivity contribution in [3.63, 3.8) is 0 Å². The van der Waals surface area contributed by atoms with Crippen molar-refractivity contribution in [1.29, 1.82) is 0 Å². The standard InChI is InChI=1S/C16H25N3O2/c1-3-4-5-6-7-11(2)19-14-9-12(15(17)20)8-13(10-14)16(18)21/h8-11,19H,3-7H2,1-2H3,(H2,17,20)(H2,18,21). The fourth-order valence-electron chi connectivity index (χ4n) is 2.23. The fraction of sp³-hybridized carbons (Fsp3) is 0.500. The first-order valence-corrected chi connectivity index (χ1v) is 7.45. The van der Waals surface area contributed by atoms with E-state index < -0.39 is 11.8 Å². The van der Waals surface area contributed by atoms with E-state index in [4.69, 9.17) is 11.5 Å². The average Bonchev–Trinajstić information content (AvgIpc) is 2.43. The van der Waals surface area contributed by atoms with E-state index in [0.717, 1.165) is 12.8 Å². The number of anilines is 1. The first-order valence-electron chi connectivity index (χ1n) is 7.45. The molecule has 0 bridgehead atoms. The average molecular weight is 291 g/mol. The van der Waals surface area contributed by atoms with Crippen LogP contribution in [0.1, 0.15) is 66.7 Å². The summed E-state index contributed by atoms with van der Waals surface area (Å²) in [5.41, 5.74) is 11.8. The van der Waals surface area contributed by atoms with Crippen LogP contribution in [0.4, 0.5) is 5.69 Å². The molecule has 1 aromatic rings. The summed E-state index contributed by atoms with van der Waals surface area (Å²) in [5, 5.41) is 3.29. The Morgan fingerprint density at radius 1 is 1.05 bits per heavy atom. The van der Waals surface area contributed by atoms with Crippen LogP contribution in [0, 0.1) is 0 Å². The molecule has 0 aliphatic rings. The van der Waals surface area contributed by atoms with Crippen LogP contribution in [0.2, 0.25) is 0 Å². The van der Waals surface area contributed by atoms with Crippen molar-refractivity contribution < 1.29 is 9.59 Å². The second-order valence-electron chi connectivity index (χ2n) is 5.42. The summed E-state index contributed by atoms with van der Waals surface area (Å²) >= 11 is 0. The molecule has 5 N–H and O–H groups in total. The topological polar surface area (TPSA) is 98.2 Å². The van der Waals surface area contributed by atoms with Gasteiger partial charge in [0.1, 0.15) is 0 Å². The summed E-state index contributed by atoms with van der Waals surface area (Å²) in [6.07, 6.45) is 5.86. The molecule has 0 spiro atoms. The van der Waals surface area contributed by atoms with E-state index in [9.17, 15) is 9.59 Å². The van der Waals surface area contributed by atoms with Crippen LogP contribution < -0.4 is 16.8 Å². The smallest absolute Gasteiger partial charge is 0.248 e. The molecule has 21 heavy (non-hydrogen) atoms. The van der Waals surface area contributed by atoms with Crippen LogP contribution in [0.5, 0.6) is 0 Å². The highest BCUT2D eigenvalue weighted by atomic mass is 16.1. The van der Waals surface area contributed by atoms with Crippen LogP contribution in [0.25, 0.3) is 0 Å². The summed E-state index contributed by atoms with van der Waals surface area (Å²) < 4.78 is 0.